The highest BCUT2D eigenvalue weighted by Crippen LogP contribution is 2.27. The molecule has 0 atom stereocenters. The molecule has 0 aliphatic heterocycles. The van der Waals surface area contributed by atoms with Crippen LogP contribution < -0.4 is 4.80 Å². The summed E-state index contributed by atoms with van der Waals surface area (Å²) >= 11 is 1.43. The minimum absolute atomic E-state index is 0.288. The lowest BCUT2D eigenvalue weighted by atomic mass is 10.1. The van der Waals surface area contributed by atoms with Crippen molar-refractivity contribution in [3.63, 3.8) is 0 Å². The first-order valence-corrected chi connectivity index (χ1v) is 9.01. The van der Waals surface area contributed by atoms with Crippen LogP contribution in [0.5, 0.6) is 0 Å². The predicted molar refractivity (Wildman–Crippen MR) is 102 cm³/mol. The highest BCUT2D eigenvalue weighted by atomic mass is 32.1. The average Bonchev–Trinajstić information content (AvgIpc) is 3.18. The van der Waals surface area contributed by atoms with Crippen LogP contribution in [-0.4, -0.2) is 25.2 Å². The van der Waals surface area contributed by atoms with Crippen LogP contribution in [0.3, 0.4) is 0 Å². The molecule has 0 aliphatic rings. The number of hydrogen-bond donors (Lipinski definition) is 0. The van der Waals surface area contributed by atoms with E-state index in [1.165, 1.54) is 11.3 Å². The number of nitrogens with zero attached hydrogens (tertiary/aromatic N) is 5. The van der Waals surface area contributed by atoms with E-state index >= 15 is 0 Å². The molecule has 0 aliphatic carbocycles. The lowest BCUT2D eigenvalue weighted by Gasteiger charge is -2.06. The molecule has 4 aromatic rings. The van der Waals surface area contributed by atoms with E-state index < -0.39 is 0 Å². The van der Waals surface area contributed by atoms with Crippen molar-refractivity contribution in [1.29, 1.82) is 0 Å². The number of carbonyl (C=O) groups excluding carboxylic acids is 1. The third-order valence-corrected chi connectivity index (χ3v) is 5.07. The average molecular weight is 363 g/mol. The fraction of sp³-hybridized carbons (Fsp3) is 0.158. The quantitative estimate of drug-likeness (QED) is 0.550. The summed E-state index contributed by atoms with van der Waals surface area (Å²) in [5.74, 6) is -0.288. The van der Waals surface area contributed by atoms with Gasteiger partial charge in [-0.1, -0.05) is 30.3 Å². The molecule has 0 N–H and O–H groups in total. The maximum absolute atomic E-state index is 13.0. The van der Waals surface area contributed by atoms with Crippen LogP contribution in [0.2, 0.25) is 0 Å². The van der Waals surface area contributed by atoms with E-state index in [0.29, 0.717) is 16.0 Å². The van der Waals surface area contributed by atoms with Crippen LogP contribution in [0.4, 0.5) is 0 Å². The SMILES string of the molecule is Cc1nn(C)c2nc(-c3ccccc3)cc(C(=O)N=c3sccn3C)c12. The van der Waals surface area contributed by atoms with Gasteiger partial charge in [-0.2, -0.15) is 10.1 Å². The Bertz CT molecular complexity index is 1180. The summed E-state index contributed by atoms with van der Waals surface area (Å²) in [6.45, 7) is 1.88. The van der Waals surface area contributed by atoms with Crippen molar-refractivity contribution in [2.24, 2.45) is 19.1 Å². The van der Waals surface area contributed by atoms with E-state index in [9.17, 15) is 4.79 Å². The Balaban J connectivity index is 1.98. The molecule has 3 heterocycles. The fourth-order valence-corrected chi connectivity index (χ4v) is 3.68. The number of fused-ring (bicyclic) bond motifs is 1. The van der Waals surface area contributed by atoms with E-state index in [4.69, 9.17) is 4.98 Å². The third kappa shape index (κ3) is 2.76. The maximum Gasteiger partial charge on any atom is 0.280 e. The molecule has 0 spiro atoms. The molecule has 130 valence electrons. The van der Waals surface area contributed by atoms with Gasteiger partial charge in [0.1, 0.15) is 0 Å². The van der Waals surface area contributed by atoms with Gasteiger partial charge >= 0.3 is 0 Å². The monoisotopic (exact) mass is 363 g/mol. The van der Waals surface area contributed by atoms with Gasteiger partial charge in [0.2, 0.25) is 0 Å². The minimum atomic E-state index is -0.288. The van der Waals surface area contributed by atoms with Gasteiger partial charge in [-0.3, -0.25) is 9.48 Å². The fourth-order valence-electron chi connectivity index (χ4n) is 2.95. The zero-order valence-electron chi connectivity index (χ0n) is 14.7. The van der Waals surface area contributed by atoms with Gasteiger partial charge < -0.3 is 4.57 Å². The van der Waals surface area contributed by atoms with Crippen LogP contribution in [0, 0.1) is 6.92 Å². The molecule has 0 bridgehead atoms. The molecule has 6 nitrogen and oxygen atoms in total. The summed E-state index contributed by atoms with van der Waals surface area (Å²) in [7, 11) is 3.71. The molecule has 0 unspecified atom stereocenters. The molecule has 0 saturated heterocycles. The summed E-state index contributed by atoms with van der Waals surface area (Å²) < 4.78 is 3.54. The summed E-state index contributed by atoms with van der Waals surface area (Å²) in [5.41, 5.74) is 3.65. The van der Waals surface area contributed by atoms with Crippen molar-refractivity contribution in [3.8, 4) is 11.3 Å². The molecule has 3 aromatic heterocycles. The molecule has 0 saturated carbocycles. The van der Waals surface area contributed by atoms with Crippen LogP contribution in [0.25, 0.3) is 22.3 Å². The molecule has 4 rings (SSSR count). The topological polar surface area (TPSA) is 65.1 Å². The molecular weight excluding hydrogens is 346 g/mol. The van der Waals surface area contributed by atoms with Crippen molar-refractivity contribution < 1.29 is 4.79 Å². The molecule has 26 heavy (non-hydrogen) atoms. The summed E-state index contributed by atoms with van der Waals surface area (Å²) in [5, 5.41) is 7.09. The zero-order chi connectivity index (χ0) is 18.3. The van der Waals surface area contributed by atoms with Gasteiger partial charge in [0, 0.05) is 31.2 Å². The summed E-state index contributed by atoms with van der Waals surface area (Å²) in [6.07, 6.45) is 1.88. The van der Waals surface area contributed by atoms with Gasteiger partial charge in [0.05, 0.1) is 22.3 Å². The van der Waals surface area contributed by atoms with E-state index in [2.05, 4.69) is 10.1 Å². The highest BCUT2D eigenvalue weighted by molar-refractivity contribution is 7.07. The Kier molecular flexibility index (Phi) is 4.00. The first kappa shape index (κ1) is 16.4. The maximum atomic E-state index is 13.0. The Labute approximate surface area is 154 Å². The highest BCUT2D eigenvalue weighted by Gasteiger charge is 2.19. The van der Waals surface area contributed by atoms with Crippen molar-refractivity contribution in [2.45, 2.75) is 6.92 Å². The predicted octanol–water partition coefficient (Wildman–Crippen LogP) is 3.08. The molecular formula is C19H17N5OS. The van der Waals surface area contributed by atoms with Gasteiger partial charge in [-0.05, 0) is 13.0 Å². The van der Waals surface area contributed by atoms with Crippen molar-refractivity contribution in [2.75, 3.05) is 0 Å². The Hall–Kier alpha value is -3.06. The molecule has 1 aromatic carbocycles. The summed E-state index contributed by atoms with van der Waals surface area (Å²) in [4.78, 5) is 22.7. The second kappa shape index (κ2) is 6.34. The lowest BCUT2D eigenvalue weighted by Crippen LogP contribution is -2.13. The number of amides is 1. The first-order chi connectivity index (χ1) is 12.5. The minimum Gasteiger partial charge on any atom is -0.327 e. The van der Waals surface area contributed by atoms with E-state index in [1.54, 1.807) is 4.68 Å². The number of benzene rings is 1. The van der Waals surface area contributed by atoms with Crippen LogP contribution >= 0.6 is 11.3 Å². The van der Waals surface area contributed by atoms with Crippen molar-refractivity contribution in [1.82, 2.24) is 19.3 Å². The van der Waals surface area contributed by atoms with E-state index in [1.807, 2.05) is 73.6 Å². The van der Waals surface area contributed by atoms with Crippen LogP contribution in [0.1, 0.15) is 16.1 Å². The number of aromatic nitrogens is 4. The Morgan fingerprint density at radius 3 is 2.65 bits per heavy atom. The first-order valence-electron chi connectivity index (χ1n) is 8.13. The number of carbonyl (C=O) groups is 1. The standard InChI is InChI=1S/C19H17N5OS/c1-12-16-14(18(25)21-19-23(2)9-10-26-19)11-15(13-7-5-4-6-8-13)20-17(16)24(3)22-12/h4-11H,1-3H3. The third-order valence-electron chi connectivity index (χ3n) is 4.23. The number of hydrogen-bond acceptors (Lipinski definition) is 4. The van der Waals surface area contributed by atoms with Crippen molar-refractivity contribution in [3.05, 3.63) is 64.0 Å². The van der Waals surface area contributed by atoms with Crippen LogP contribution in [0.15, 0.2) is 53.0 Å². The van der Waals surface area contributed by atoms with Gasteiger partial charge in [0.25, 0.3) is 5.91 Å². The lowest BCUT2D eigenvalue weighted by molar-refractivity contribution is 0.0999. The zero-order valence-corrected chi connectivity index (χ0v) is 15.5. The Morgan fingerprint density at radius 2 is 1.96 bits per heavy atom. The number of rotatable bonds is 2. The second-order valence-electron chi connectivity index (χ2n) is 6.04. The summed E-state index contributed by atoms with van der Waals surface area (Å²) in [6, 6.07) is 11.6. The van der Waals surface area contributed by atoms with Gasteiger partial charge in [-0.15, -0.1) is 11.3 Å². The second-order valence-corrected chi connectivity index (χ2v) is 6.92. The number of thiazole rings is 1. The molecule has 0 radical (unpaired) electrons. The van der Waals surface area contributed by atoms with Crippen LogP contribution in [-0.2, 0) is 14.1 Å². The van der Waals surface area contributed by atoms with Gasteiger partial charge in [0.15, 0.2) is 10.4 Å². The van der Waals surface area contributed by atoms with E-state index in [0.717, 1.165) is 22.3 Å². The normalized spacial score (nSPS) is 12.0. The van der Waals surface area contributed by atoms with Crippen molar-refractivity contribution >= 4 is 28.3 Å². The molecule has 1 amide bonds. The Morgan fingerprint density at radius 1 is 1.19 bits per heavy atom. The largest absolute Gasteiger partial charge is 0.327 e. The molecule has 0 fully saturated rings. The van der Waals surface area contributed by atoms with Gasteiger partial charge in [-0.25, -0.2) is 4.98 Å². The smallest absolute Gasteiger partial charge is 0.280 e. The molecule has 7 heteroatoms. The number of pyridine rings is 1. The van der Waals surface area contributed by atoms with E-state index in [-0.39, 0.29) is 5.91 Å². The number of aryl methyl sites for hydroxylation is 3.